The van der Waals surface area contributed by atoms with Crippen LogP contribution in [0.2, 0.25) is 5.02 Å². The predicted octanol–water partition coefficient (Wildman–Crippen LogP) is 4.43. The number of rotatable bonds is 5. The molecule has 0 saturated carbocycles. The Morgan fingerprint density at radius 2 is 2.08 bits per heavy atom. The Balaban J connectivity index is 1.88. The molecule has 0 bridgehead atoms. The SMILES string of the molecule is C=S1(=O)C=Cc2ccc(NC(=O)c3cc(Cl)ccc3OCCBr)cc21. The van der Waals surface area contributed by atoms with Crippen molar-refractivity contribution in [2.24, 2.45) is 0 Å². The predicted molar refractivity (Wildman–Crippen MR) is 108 cm³/mol. The van der Waals surface area contributed by atoms with E-state index in [0.717, 1.165) is 5.56 Å². The maximum absolute atomic E-state index is 12.6. The zero-order chi connectivity index (χ0) is 18.0. The maximum atomic E-state index is 12.6. The summed E-state index contributed by atoms with van der Waals surface area (Å²) in [4.78, 5) is 13.3. The molecule has 0 aliphatic carbocycles. The average molecular weight is 441 g/mol. The second kappa shape index (κ2) is 7.23. The lowest BCUT2D eigenvalue weighted by atomic mass is 10.1. The lowest BCUT2D eigenvalue weighted by molar-refractivity contribution is 0.102. The topological polar surface area (TPSA) is 55.4 Å². The van der Waals surface area contributed by atoms with Crippen LogP contribution in [0.1, 0.15) is 15.9 Å². The van der Waals surface area contributed by atoms with Crippen LogP contribution >= 0.6 is 27.5 Å². The molecule has 25 heavy (non-hydrogen) atoms. The smallest absolute Gasteiger partial charge is 0.259 e. The summed E-state index contributed by atoms with van der Waals surface area (Å²) < 4.78 is 18.0. The molecule has 1 heterocycles. The summed E-state index contributed by atoms with van der Waals surface area (Å²) in [6.45, 7) is 0.427. The number of benzene rings is 2. The van der Waals surface area contributed by atoms with Crippen LogP contribution in [0.15, 0.2) is 46.7 Å². The number of nitrogens with one attached hydrogen (secondary N) is 1. The molecule has 1 amide bonds. The highest BCUT2D eigenvalue weighted by Gasteiger charge is 2.18. The summed E-state index contributed by atoms with van der Waals surface area (Å²) in [5.74, 6) is 3.83. The first-order valence-corrected chi connectivity index (χ1v) is 10.7. The van der Waals surface area contributed by atoms with Crippen LogP contribution < -0.4 is 10.1 Å². The number of carbonyl (C=O) groups is 1. The number of carbonyl (C=O) groups excluding carboxylic acids is 1. The Labute approximate surface area is 160 Å². The number of hydrogen-bond acceptors (Lipinski definition) is 3. The number of ether oxygens (including phenoxy) is 1. The Morgan fingerprint density at radius 3 is 2.84 bits per heavy atom. The fourth-order valence-electron chi connectivity index (χ4n) is 2.46. The lowest BCUT2D eigenvalue weighted by Gasteiger charge is -2.12. The molecule has 0 aromatic heterocycles. The van der Waals surface area contributed by atoms with Crippen molar-refractivity contribution in [3.05, 3.63) is 58.0 Å². The van der Waals surface area contributed by atoms with Crippen molar-refractivity contribution in [3.63, 3.8) is 0 Å². The monoisotopic (exact) mass is 439 g/mol. The fourth-order valence-corrected chi connectivity index (χ4v) is 4.17. The molecular weight excluding hydrogens is 426 g/mol. The molecule has 1 aliphatic heterocycles. The van der Waals surface area contributed by atoms with Gasteiger partial charge in [-0.15, -0.1) is 0 Å². The highest BCUT2D eigenvalue weighted by Crippen LogP contribution is 2.30. The van der Waals surface area contributed by atoms with Gasteiger partial charge in [0.15, 0.2) is 0 Å². The van der Waals surface area contributed by atoms with E-state index in [9.17, 15) is 9.00 Å². The first-order chi connectivity index (χ1) is 11.9. The largest absolute Gasteiger partial charge is 0.492 e. The lowest BCUT2D eigenvalue weighted by Crippen LogP contribution is -2.14. The van der Waals surface area contributed by atoms with Gasteiger partial charge in [0.25, 0.3) is 5.91 Å². The molecule has 2 aromatic rings. The van der Waals surface area contributed by atoms with E-state index in [1.165, 1.54) is 0 Å². The molecule has 1 N–H and O–H groups in total. The second-order valence-corrected chi connectivity index (χ2v) is 8.81. The summed E-state index contributed by atoms with van der Waals surface area (Å²) >= 11 is 9.30. The zero-order valence-electron chi connectivity index (χ0n) is 13.1. The first kappa shape index (κ1) is 18.0. The van der Waals surface area contributed by atoms with Crippen LogP contribution in [-0.2, 0) is 9.52 Å². The molecule has 130 valence electrons. The molecule has 1 atom stereocenters. The van der Waals surface area contributed by atoms with Crippen LogP contribution in [0.25, 0.3) is 6.08 Å². The Kier molecular flexibility index (Phi) is 5.22. The number of anilines is 1. The molecule has 1 aliphatic rings. The average Bonchev–Trinajstić information content (AvgIpc) is 2.88. The summed E-state index contributed by atoms with van der Waals surface area (Å²) in [6, 6.07) is 10.1. The van der Waals surface area contributed by atoms with Crippen LogP contribution in [-0.4, -0.2) is 27.9 Å². The minimum Gasteiger partial charge on any atom is -0.492 e. The van der Waals surface area contributed by atoms with Gasteiger partial charge in [0, 0.05) is 30.5 Å². The van der Waals surface area contributed by atoms with Crippen molar-refractivity contribution in [2.45, 2.75) is 4.90 Å². The molecule has 0 radical (unpaired) electrons. The maximum Gasteiger partial charge on any atom is 0.259 e. The third kappa shape index (κ3) is 3.92. The van der Waals surface area contributed by atoms with Crippen LogP contribution in [0.3, 0.4) is 0 Å². The molecule has 2 aromatic carbocycles. The highest BCUT2D eigenvalue weighted by molar-refractivity contribution is 9.09. The van der Waals surface area contributed by atoms with E-state index in [1.54, 1.807) is 47.9 Å². The van der Waals surface area contributed by atoms with Gasteiger partial charge in [-0.05, 0) is 53.2 Å². The van der Waals surface area contributed by atoms with Gasteiger partial charge in [-0.3, -0.25) is 9.00 Å². The molecule has 4 nitrogen and oxygen atoms in total. The highest BCUT2D eigenvalue weighted by atomic mass is 79.9. The first-order valence-electron chi connectivity index (χ1n) is 7.40. The number of alkyl halides is 1. The van der Waals surface area contributed by atoms with Crippen molar-refractivity contribution in [1.29, 1.82) is 0 Å². The standard InChI is InChI=1S/C18H15BrClNO3S/c1-25(23)9-6-12-2-4-14(11-17(12)25)21-18(22)15-10-13(20)3-5-16(15)24-8-7-19/h2-6,9-11H,1,7-8H2,(H,21,22). The van der Waals surface area contributed by atoms with Gasteiger partial charge in [0.1, 0.15) is 5.75 Å². The van der Waals surface area contributed by atoms with Crippen molar-refractivity contribution >= 4 is 60.6 Å². The van der Waals surface area contributed by atoms with E-state index in [1.807, 2.05) is 0 Å². The van der Waals surface area contributed by atoms with Crippen LogP contribution in [0, 0.1) is 0 Å². The molecule has 1 unspecified atom stereocenters. The number of hydrogen-bond donors (Lipinski definition) is 1. The van der Waals surface area contributed by atoms with Gasteiger partial charge in [0.05, 0.1) is 12.2 Å². The molecule has 0 saturated heterocycles. The minimum absolute atomic E-state index is 0.336. The molecule has 7 heteroatoms. The van der Waals surface area contributed by atoms with E-state index in [-0.39, 0.29) is 5.91 Å². The van der Waals surface area contributed by atoms with Gasteiger partial charge in [-0.25, -0.2) is 0 Å². The summed E-state index contributed by atoms with van der Waals surface area (Å²) in [7, 11) is -2.44. The minimum atomic E-state index is -2.44. The van der Waals surface area contributed by atoms with Crippen LogP contribution in [0.5, 0.6) is 5.75 Å². The number of amides is 1. The normalized spacial score (nSPS) is 18.0. The summed E-state index contributed by atoms with van der Waals surface area (Å²) in [6.07, 6.45) is 1.78. The Hall–Kier alpha value is -1.76. The van der Waals surface area contributed by atoms with E-state index >= 15 is 0 Å². The van der Waals surface area contributed by atoms with Crippen molar-refractivity contribution < 1.29 is 13.7 Å². The van der Waals surface area contributed by atoms with Crippen molar-refractivity contribution in [2.75, 3.05) is 17.3 Å². The van der Waals surface area contributed by atoms with Gasteiger partial charge in [-0.2, -0.15) is 0 Å². The molecular formula is C18H15BrClNO3S. The van der Waals surface area contributed by atoms with E-state index in [0.29, 0.717) is 38.9 Å². The van der Waals surface area contributed by atoms with E-state index < -0.39 is 9.52 Å². The van der Waals surface area contributed by atoms with Gasteiger partial charge < -0.3 is 10.1 Å². The third-order valence-electron chi connectivity index (χ3n) is 3.63. The van der Waals surface area contributed by atoms with Crippen LogP contribution in [0.4, 0.5) is 5.69 Å². The molecule has 3 rings (SSSR count). The second-order valence-electron chi connectivity index (χ2n) is 5.41. The zero-order valence-corrected chi connectivity index (χ0v) is 16.3. The number of fused-ring (bicyclic) bond motifs is 1. The van der Waals surface area contributed by atoms with Crippen molar-refractivity contribution in [1.82, 2.24) is 0 Å². The summed E-state index contributed by atoms with van der Waals surface area (Å²) in [5, 5.41) is 5.47. The third-order valence-corrected chi connectivity index (χ3v) is 5.86. The molecule has 0 fully saturated rings. The quantitative estimate of drug-likeness (QED) is 0.553. The van der Waals surface area contributed by atoms with Gasteiger partial charge >= 0.3 is 0 Å². The van der Waals surface area contributed by atoms with E-state index in [4.69, 9.17) is 16.3 Å². The Morgan fingerprint density at radius 1 is 1.28 bits per heavy atom. The van der Waals surface area contributed by atoms with E-state index in [2.05, 4.69) is 27.1 Å². The number of halogens is 2. The van der Waals surface area contributed by atoms with Gasteiger partial charge in [-0.1, -0.05) is 33.6 Å². The molecule has 0 spiro atoms. The summed E-state index contributed by atoms with van der Waals surface area (Å²) in [5.41, 5.74) is 1.72. The fraction of sp³-hybridized carbons (Fsp3) is 0.111. The van der Waals surface area contributed by atoms with Crippen molar-refractivity contribution in [3.8, 4) is 5.75 Å². The Bertz CT molecular complexity index is 970. The van der Waals surface area contributed by atoms with Gasteiger partial charge in [0.2, 0.25) is 0 Å².